The fraction of sp³-hybridized carbons (Fsp3) is 0.294. The maximum atomic E-state index is 12.7. The topological polar surface area (TPSA) is 39.7 Å². The molecule has 0 aliphatic carbocycles. The normalized spacial score (nSPS) is 15.2. The van der Waals surface area contributed by atoms with Crippen molar-refractivity contribution in [3.63, 3.8) is 0 Å². The molecule has 1 fully saturated rings. The predicted octanol–water partition coefficient (Wildman–Crippen LogP) is 4.50. The highest BCUT2D eigenvalue weighted by Gasteiger charge is 2.34. The number of para-hydroxylation sites is 1. The van der Waals surface area contributed by atoms with Gasteiger partial charge in [-0.2, -0.15) is 0 Å². The van der Waals surface area contributed by atoms with Crippen LogP contribution in [-0.4, -0.2) is 31.9 Å². The second kappa shape index (κ2) is 7.18. The molecule has 4 nitrogen and oxygen atoms in total. The summed E-state index contributed by atoms with van der Waals surface area (Å²) in [4.78, 5) is 0. The summed E-state index contributed by atoms with van der Waals surface area (Å²) in [6.45, 7) is 0.935. The summed E-state index contributed by atoms with van der Waals surface area (Å²) in [5.41, 5.74) is 0.00638. The largest absolute Gasteiger partial charge is 0.573 e. The highest BCUT2D eigenvalue weighted by Crippen LogP contribution is 2.40. The highest BCUT2D eigenvalue weighted by molar-refractivity contribution is 5.73. The number of alkyl halides is 6. The van der Waals surface area contributed by atoms with Gasteiger partial charge in [0, 0.05) is 18.7 Å². The monoisotopic (exact) mass is 393 g/mol. The maximum Gasteiger partial charge on any atom is 0.573 e. The Morgan fingerprint density at radius 1 is 0.778 bits per heavy atom. The van der Waals surface area contributed by atoms with Crippen LogP contribution in [0.3, 0.4) is 0 Å². The van der Waals surface area contributed by atoms with Crippen LogP contribution in [0.1, 0.15) is 0 Å². The Morgan fingerprint density at radius 3 is 2.00 bits per heavy atom. The first kappa shape index (κ1) is 19.2. The highest BCUT2D eigenvalue weighted by atomic mass is 19.4. The first-order valence-electron chi connectivity index (χ1n) is 7.73. The molecule has 0 bridgehead atoms. The van der Waals surface area contributed by atoms with Crippen molar-refractivity contribution in [2.24, 2.45) is 0 Å². The summed E-state index contributed by atoms with van der Waals surface area (Å²) in [6.07, 6.45) is -10.2. The van der Waals surface area contributed by atoms with Gasteiger partial charge in [-0.05, 0) is 23.8 Å². The first-order valence-corrected chi connectivity index (χ1v) is 7.73. The van der Waals surface area contributed by atoms with E-state index in [-0.39, 0.29) is 23.0 Å². The zero-order chi connectivity index (χ0) is 19.7. The van der Waals surface area contributed by atoms with Gasteiger partial charge in [-0.25, -0.2) is 0 Å². The van der Waals surface area contributed by atoms with E-state index < -0.39 is 24.2 Å². The molecular formula is C17H13F6NO3. The molecule has 1 aliphatic heterocycles. The van der Waals surface area contributed by atoms with Crippen LogP contribution >= 0.6 is 0 Å². The smallest absolute Gasteiger partial charge is 0.484 e. The van der Waals surface area contributed by atoms with Crippen LogP contribution < -0.4 is 19.5 Å². The number of halogens is 6. The number of benzene rings is 2. The third-order valence-corrected chi connectivity index (χ3v) is 3.63. The average molecular weight is 393 g/mol. The Bertz CT molecular complexity index is 802. The van der Waals surface area contributed by atoms with Crippen molar-refractivity contribution in [3.05, 3.63) is 42.5 Å². The summed E-state index contributed by atoms with van der Waals surface area (Å²) < 4.78 is 89.3. The van der Waals surface area contributed by atoms with Gasteiger partial charge in [0.15, 0.2) is 11.5 Å². The van der Waals surface area contributed by atoms with E-state index in [1.54, 1.807) is 0 Å². The molecule has 1 aliphatic rings. The molecule has 3 rings (SSSR count). The zero-order valence-electron chi connectivity index (χ0n) is 13.5. The van der Waals surface area contributed by atoms with Crippen molar-refractivity contribution < 1.29 is 40.6 Å². The quantitative estimate of drug-likeness (QED) is 0.760. The first-order chi connectivity index (χ1) is 12.6. The number of rotatable bonds is 5. The Morgan fingerprint density at radius 2 is 1.41 bits per heavy atom. The van der Waals surface area contributed by atoms with Gasteiger partial charge in [-0.15, -0.1) is 26.3 Å². The van der Waals surface area contributed by atoms with E-state index in [4.69, 9.17) is 4.74 Å². The number of ether oxygens (including phenoxy) is 3. The lowest BCUT2D eigenvalue weighted by Crippen LogP contribution is -2.50. The Kier molecular flexibility index (Phi) is 5.09. The van der Waals surface area contributed by atoms with E-state index in [2.05, 4.69) is 14.8 Å². The SMILES string of the molecule is FC(F)(F)Oc1cc(-c2ccccc2OC(F)(F)F)ccc1OC1CNC1. The van der Waals surface area contributed by atoms with Gasteiger partial charge in [0.25, 0.3) is 0 Å². The lowest BCUT2D eigenvalue weighted by molar-refractivity contribution is -0.275. The van der Waals surface area contributed by atoms with Crippen molar-refractivity contribution in [2.75, 3.05) is 13.1 Å². The maximum absolute atomic E-state index is 12.7. The average Bonchev–Trinajstić information content (AvgIpc) is 2.49. The molecule has 27 heavy (non-hydrogen) atoms. The predicted molar refractivity (Wildman–Crippen MR) is 82.5 cm³/mol. The summed E-state index contributed by atoms with van der Waals surface area (Å²) >= 11 is 0. The van der Waals surface area contributed by atoms with Gasteiger partial charge in [0.2, 0.25) is 0 Å². The van der Waals surface area contributed by atoms with Crippen LogP contribution in [0, 0.1) is 0 Å². The molecule has 0 radical (unpaired) electrons. The number of hydrogen-bond acceptors (Lipinski definition) is 4. The minimum atomic E-state index is -4.99. The van der Waals surface area contributed by atoms with E-state index >= 15 is 0 Å². The molecule has 0 amide bonds. The molecule has 2 aromatic carbocycles. The molecule has 1 heterocycles. The standard InChI is InChI=1S/C17H13F6NO3/c18-16(19,20)26-13-4-2-1-3-12(13)10-5-6-14(25-11-8-24-9-11)15(7-10)27-17(21,22)23/h1-7,11,24H,8-9H2. The van der Waals surface area contributed by atoms with Crippen LogP contribution in [0.4, 0.5) is 26.3 Å². The van der Waals surface area contributed by atoms with Gasteiger partial charge in [0.05, 0.1) is 0 Å². The zero-order valence-corrected chi connectivity index (χ0v) is 13.5. The van der Waals surface area contributed by atoms with E-state index in [0.29, 0.717) is 13.1 Å². The second-order valence-electron chi connectivity index (χ2n) is 5.65. The van der Waals surface area contributed by atoms with Gasteiger partial charge in [0.1, 0.15) is 11.9 Å². The lowest BCUT2D eigenvalue weighted by atomic mass is 10.0. The molecular weight excluding hydrogens is 380 g/mol. The third-order valence-electron chi connectivity index (χ3n) is 3.63. The Labute approximate surface area is 149 Å². The van der Waals surface area contributed by atoms with Crippen molar-refractivity contribution >= 4 is 0 Å². The molecule has 0 saturated carbocycles. The van der Waals surface area contributed by atoms with Crippen molar-refractivity contribution in [2.45, 2.75) is 18.8 Å². The van der Waals surface area contributed by atoms with Gasteiger partial charge in [-0.1, -0.05) is 24.3 Å². The molecule has 146 valence electrons. The molecule has 1 saturated heterocycles. The summed E-state index contributed by atoms with van der Waals surface area (Å²) in [6, 6.07) is 8.64. The minimum Gasteiger partial charge on any atom is -0.484 e. The Hall–Kier alpha value is -2.62. The van der Waals surface area contributed by atoms with E-state index in [1.807, 2.05) is 0 Å². The van der Waals surface area contributed by atoms with E-state index in [0.717, 1.165) is 12.1 Å². The summed E-state index contributed by atoms with van der Waals surface area (Å²) in [5.74, 6) is -1.34. The van der Waals surface area contributed by atoms with Crippen LogP contribution in [0.25, 0.3) is 11.1 Å². The van der Waals surface area contributed by atoms with Crippen LogP contribution in [0.15, 0.2) is 42.5 Å². The van der Waals surface area contributed by atoms with Crippen LogP contribution in [-0.2, 0) is 0 Å². The van der Waals surface area contributed by atoms with Crippen molar-refractivity contribution in [1.29, 1.82) is 0 Å². The van der Waals surface area contributed by atoms with Crippen LogP contribution in [0.2, 0.25) is 0 Å². The number of nitrogens with one attached hydrogen (secondary N) is 1. The third kappa shape index (κ3) is 5.19. The fourth-order valence-corrected chi connectivity index (χ4v) is 2.42. The minimum absolute atomic E-state index is 0.0429. The van der Waals surface area contributed by atoms with Crippen molar-refractivity contribution in [3.8, 4) is 28.4 Å². The molecule has 2 aromatic rings. The molecule has 10 heteroatoms. The second-order valence-corrected chi connectivity index (χ2v) is 5.65. The molecule has 0 unspecified atom stereocenters. The molecule has 0 atom stereocenters. The summed E-state index contributed by atoms with van der Waals surface area (Å²) in [5, 5.41) is 2.90. The van der Waals surface area contributed by atoms with E-state index in [9.17, 15) is 26.3 Å². The molecule has 1 N–H and O–H groups in total. The van der Waals surface area contributed by atoms with E-state index in [1.165, 1.54) is 30.3 Å². The van der Waals surface area contributed by atoms with Gasteiger partial charge < -0.3 is 19.5 Å². The van der Waals surface area contributed by atoms with Gasteiger partial charge >= 0.3 is 12.7 Å². The molecule has 0 spiro atoms. The fourth-order valence-electron chi connectivity index (χ4n) is 2.42. The molecule has 0 aromatic heterocycles. The lowest BCUT2D eigenvalue weighted by Gasteiger charge is -2.28. The van der Waals surface area contributed by atoms with Crippen LogP contribution in [0.5, 0.6) is 17.2 Å². The Balaban J connectivity index is 1.97. The van der Waals surface area contributed by atoms with Crippen molar-refractivity contribution in [1.82, 2.24) is 5.32 Å². The number of hydrogen-bond donors (Lipinski definition) is 1. The summed E-state index contributed by atoms with van der Waals surface area (Å²) in [7, 11) is 0. The van der Waals surface area contributed by atoms with Gasteiger partial charge in [-0.3, -0.25) is 0 Å².